The van der Waals surface area contributed by atoms with E-state index in [1.165, 1.54) is 6.92 Å². The molecule has 0 radical (unpaired) electrons. The fourth-order valence-electron chi connectivity index (χ4n) is 3.71. The Labute approximate surface area is 163 Å². The van der Waals surface area contributed by atoms with Crippen LogP contribution in [0.25, 0.3) is 0 Å². The highest BCUT2D eigenvalue weighted by molar-refractivity contribution is 7.98. The number of ether oxygens (including phenoxy) is 2. The van der Waals surface area contributed by atoms with Crippen molar-refractivity contribution in [1.29, 1.82) is 0 Å². The summed E-state index contributed by atoms with van der Waals surface area (Å²) < 4.78 is 10.3. The number of carbonyl (C=O) groups excluding carboxylic acids is 3. The summed E-state index contributed by atoms with van der Waals surface area (Å²) in [5, 5.41) is 10.9. The highest BCUT2D eigenvalue weighted by atomic mass is 32.2. The minimum atomic E-state index is -1.62. The standard InChI is InChI=1S/C20H26O6S/c1-5-25-18(22)16-14(21)11-20(3,24)17(19(23)26-6-2)15(16)12-7-9-13(27-4)10-8-12/h7-10,15-17,24H,5-6,11H2,1-4H3/t15-,16+,17-,20+/m0/s1. The van der Waals surface area contributed by atoms with E-state index in [0.29, 0.717) is 5.56 Å². The Morgan fingerprint density at radius 2 is 1.70 bits per heavy atom. The number of carbonyl (C=O) groups is 3. The molecule has 0 aromatic heterocycles. The Balaban J connectivity index is 2.59. The third-order valence-electron chi connectivity index (χ3n) is 4.85. The summed E-state index contributed by atoms with van der Waals surface area (Å²) in [6.45, 7) is 5.04. The van der Waals surface area contributed by atoms with Gasteiger partial charge in [0.05, 0.1) is 24.7 Å². The van der Waals surface area contributed by atoms with Gasteiger partial charge in [-0.3, -0.25) is 14.4 Å². The Bertz CT molecular complexity index is 697. The van der Waals surface area contributed by atoms with Crippen LogP contribution < -0.4 is 0 Å². The van der Waals surface area contributed by atoms with Gasteiger partial charge in [-0.15, -0.1) is 11.8 Å². The van der Waals surface area contributed by atoms with Gasteiger partial charge in [0.25, 0.3) is 0 Å². The fourth-order valence-corrected chi connectivity index (χ4v) is 4.11. The molecule has 148 valence electrons. The van der Waals surface area contributed by atoms with E-state index in [4.69, 9.17) is 9.47 Å². The summed E-state index contributed by atoms with van der Waals surface area (Å²) in [6, 6.07) is 7.28. The Morgan fingerprint density at radius 1 is 1.15 bits per heavy atom. The van der Waals surface area contributed by atoms with E-state index in [0.717, 1.165) is 4.90 Å². The van der Waals surface area contributed by atoms with Crippen LogP contribution in [0, 0.1) is 11.8 Å². The van der Waals surface area contributed by atoms with Crippen LogP contribution in [-0.2, 0) is 23.9 Å². The number of hydrogen-bond donors (Lipinski definition) is 1. The lowest BCUT2D eigenvalue weighted by molar-refractivity contribution is -0.172. The summed E-state index contributed by atoms with van der Waals surface area (Å²) in [6.07, 6.45) is 1.63. The molecule has 1 aliphatic carbocycles. The molecular weight excluding hydrogens is 368 g/mol. The first kappa shape index (κ1) is 21.4. The molecule has 0 heterocycles. The number of esters is 2. The molecular formula is C20H26O6S. The second kappa shape index (κ2) is 8.89. The first-order chi connectivity index (χ1) is 12.8. The zero-order valence-corrected chi connectivity index (χ0v) is 16.9. The molecule has 27 heavy (non-hydrogen) atoms. The molecule has 1 N–H and O–H groups in total. The van der Waals surface area contributed by atoms with Crippen LogP contribution in [0.4, 0.5) is 0 Å². The molecule has 7 heteroatoms. The van der Waals surface area contributed by atoms with Gasteiger partial charge in [-0.2, -0.15) is 0 Å². The topological polar surface area (TPSA) is 89.9 Å². The molecule has 0 amide bonds. The van der Waals surface area contributed by atoms with Crippen LogP contribution in [0.15, 0.2) is 29.2 Å². The summed E-state index contributed by atoms with van der Waals surface area (Å²) in [4.78, 5) is 39.0. The molecule has 0 bridgehead atoms. The number of thioether (sulfide) groups is 1. The van der Waals surface area contributed by atoms with Gasteiger partial charge in [0.15, 0.2) is 5.78 Å². The van der Waals surface area contributed by atoms with Gasteiger partial charge < -0.3 is 14.6 Å². The molecule has 6 nitrogen and oxygen atoms in total. The van der Waals surface area contributed by atoms with Crippen LogP contribution in [0.3, 0.4) is 0 Å². The maximum absolute atomic E-state index is 12.7. The van der Waals surface area contributed by atoms with Crippen LogP contribution in [0.2, 0.25) is 0 Å². The van der Waals surface area contributed by atoms with Gasteiger partial charge in [-0.25, -0.2) is 0 Å². The average Bonchev–Trinajstić information content (AvgIpc) is 2.60. The monoisotopic (exact) mass is 394 g/mol. The highest BCUT2D eigenvalue weighted by Crippen LogP contribution is 2.46. The minimum absolute atomic E-state index is 0.126. The molecule has 2 rings (SSSR count). The maximum Gasteiger partial charge on any atom is 0.317 e. The lowest BCUT2D eigenvalue weighted by atomic mass is 9.62. The van der Waals surface area contributed by atoms with Crippen molar-refractivity contribution in [3.63, 3.8) is 0 Å². The third-order valence-corrected chi connectivity index (χ3v) is 5.59. The van der Waals surface area contributed by atoms with E-state index in [-0.39, 0.29) is 19.6 Å². The average molecular weight is 394 g/mol. The van der Waals surface area contributed by atoms with Gasteiger partial charge in [0, 0.05) is 17.2 Å². The zero-order valence-electron chi connectivity index (χ0n) is 16.1. The van der Waals surface area contributed by atoms with Crippen molar-refractivity contribution < 1.29 is 29.0 Å². The first-order valence-electron chi connectivity index (χ1n) is 8.99. The quantitative estimate of drug-likeness (QED) is 0.450. The summed E-state index contributed by atoms with van der Waals surface area (Å²) >= 11 is 1.56. The number of rotatable bonds is 6. The lowest BCUT2D eigenvalue weighted by Gasteiger charge is -2.43. The largest absolute Gasteiger partial charge is 0.466 e. The van der Waals surface area contributed by atoms with E-state index in [1.54, 1.807) is 37.7 Å². The molecule has 1 saturated carbocycles. The smallest absolute Gasteiger partial charge is 0.317 e. The summed E-state index contributed by atoms with van der Waals surface area (Å²) in [7, 11) is 0. The summed E-state index contributed by atoms with van der Waals surface area (Å²) in [5.41, 5.74) is -0.993. The maximum atomic E-state index is 12.7. The molecule has 1 aromatic rings. The van der Waals surface area contributed by atoms with Gasteiger partial charge in [0.2, 0.25) is 0 Å². The van der Waals surface area contributed by atoms with Gasteiger partial charge in [0.1, 0.15) is 5.92 Å². The first-order valence-corrected chi connectivity index (χ1v) is 10.2. The molecule has 0 saturated heterocycles. The zero-order chi connectivity index (χ0) is 20.2. The van der Waals surface area contributed by atoms with Gasteiger partial charge in [-0.05, 0) is 44.7 Å². The van der Waals surface area contributed by atoms with Crippen molar-refractivity contribution in [2.24, 2.45) is 11.8 Å². The van der Waals surface area contributed by atoms with E-state index in [9.17, 15) is 19.5 Å². The van der Waals surface area contributed by atoms with Crippen LogP contribution in [-0.4, -0.2) is 47.9 Å². The Hall–Kier alpha value is -1.86. The third kappa shape index (κ3) is 4.52. The molecule has 0 unspecified atom stereocenters. The molecule has 1 aromatic carbocycles. The van der Waals surface area contributed by atoms with Gasteiger partial charge >= 0.3 is 11.9 Å². The van der Waals surface area contributed by atoms with Gasteiger partial charge in [-0.1, -0.05) is 12.1 Å². The number of hydrogen-bond acceptors (Lipinski definition) is 7. The highest BCUT2D eigenvalue weighted by Gasteiger charge is 2.57. The van der Waals surface area contributed by atoms with Crippen molar-refractivity contribution in [2.75, 3.05) is 19.5 Å². The van der Waals surface area contributed by atoms with Crippen molar-refractivity contribution in [3.8, 4) is 0 Å². The number of ketones is 1. The summed E-state index contributed by atoms with van der Waals surface area (Å²) in [5.74, 6) is -4.79. The minimum Gasteiger partial charge on any atom is -0.466 e. The Morgan fingerprint density at radius 3 is 2.22 bits per heavy atom. The normalized spacial score (nSPS) is 27.9. The number of Topliss-reactive ketones (excluding diaryl/α,β-unsaturated/α-hetero) is 1. The van der Waals surface area contributed by atoms with Crippen molar-refractivity contribution in [2.45, 2.75) is 43.6 Å². The Kier molecular flexibility index (Phi) is 7.06. The van der Waals surface area contributed by atoms with E-state index in [1.807, 2.05) is 18.4 Å². The van der Waals surface area contributed by atoms with Crippen molar-refractivity contribution >= 4 is 29.5 Å². The van der Waals surface area contributed by atoms with E-state index >= 15 is 0 Å². The van der Waals surface area contributed by atoms with Crippen LogP contribution in [0.5, 0.6) is 0 Å². The van der Waals surface area contributed by atoms with Crippen LogP contribution in [0.1, 0.15) is 38.7 Å². The number of aliphatic hydroxyl groups is 1. The molecule has 1 fully saturated rings. The molecule has 0 spiro atoms. The number of benzene rings is 1. The second-order valence-corrected chi connectivity index (χ2v) is 7.64. The van der Waals surface area contributed by atoms with E-state index in [2.05, 4.69) is 0 Å². The van der Waals surface area contributed by atoms with E-state index < -0.39 is 41.1 Å². The predicted octanol–water partition coefficient (Wildman–Crippen LogP) is 2.57. The predicted molar refractivity (Wildman–Crippen MR) is 101 cm³/mol. The molecule has 0 aliphatic heterocycles. The van der Waals surface area contributed by atoms with Crippen LogP contribution >= 0.6 is 11.8 Å². The SMILES string of the molecule is CCOC(=O)[C@@H]1C(=O)C[C@@](C)(O)[C@H](C(=O)OCC)[C@H]1c1ccc(SC)cc1. The fraction of sp³-hybridized carbons (Fsp3) is 0.550. The van der Waals surface area contributed by atoms with Crippen molar-refractivity contribution in [1.82, 2.24) is 0 Å². The lowest BCUT2D eigenvalue weighted by Crippen LogP contribution is -2.55. The molecule has 1 aliphatic rings. The molecule has 4 atom stereocenters. The van der Waals surface area contributed by atoms with Crippen molar-refractivity contribution in [3.05, 3.63) is 29.8 Å². The second-order valence-electron chi connectivity index (χ2n) is 6.76.